The molecule has 0 amide bonds. The number of carbonyl (C=O) groups excluding carboxylic acids is 1. The zero-order valence-electron chi connectivity index (χ0n) is 8.27. The van der Waals surface area contributed by atoms with Crippen LogP contribution in [0.25, 0.3) is 0 Å². The van der Waals surface area contributed by atoms with Gasteiger partial charge in [0.05, 0.1) is 12.2 Å². The Labute approximate surface area is 86.7 Å². The molecule has 0 saturated carbocycles. The third-order valence-corrected chi connectivity index (χ3v) is 1.66. The lowest BCUT2D eigenvalue weighted by Gasteiger charge is -2.02. The summed E-state index contributed by atoms with van der Waals surface area (Å²) in [6, 6.07) is 2.65. The average molecular weight is 209 g/mol. The first-order valence-corrected chi connectivity index (χ1v) is 4.51. The normalized spacial score (nSPS) is 9.67. The Morgan fingerprint density at radius 3 is 2.67 bits per heavy atom. The van der Waals surface area contributed by atoms with E-state index in [1.165, 1.54) is 18.3 Å². The quantitative estimate of drug-likeness (QED) is 0.757. The van der Waals surface area contributed by atoms with Crippen molar-refractivity contribution in [3.05, 3.63) is 29.6 Å². The molecule has 80 valence electrons. The van der Waals surface area contributed by atoms with Gasteiger partial charge in [0.2, 0.25) is 0 Å². The Morgan fingerprint density at radius 2 is 2.20 bits per heavy atom. The summed E-state index contributed by atoms with van der Waals surface area (Å²) in [5, 5.41) is 8.58. The summed E-state index contributed by atoms with van der Waals surface area (Å²) in [5.74, 6) is -1.61. The maximum absolute atomic E-state index is 11.3. The summed E-state index contributed by atoms with van der Waals surface area (Å²) in [6.45, 7) is 2.23. The van der Waals surface area contributed by atoms with E-state index >= 15 is 0 Å². The largest absolute Gasteiger partial charge is 0.477 e. The van der Waals surface area contributed by atoms with Gasteiger partial charge in [-0.3, -0.25) is 0 Å². The van der Waals surface area contributed by atoms with E-state index in [-0.39, 0.29) is 11.3 Å². The second-order valence-electron chi connectivity index (χ2n) is 2.87. The summed E-state index contributed by atoms with van der Waals surface area (Å²) in [7, 11) is 0. The summed E-state index contributed by atoms with van der Waals surface area (Å²) < 4.78 is 4.85. The van der Waals surface area contributed by atoms with Crippen LogP contribution in [-0.4, -0.2) is 28.6 Å². The van der Waals surface area contributed by atoms with Crippen molar-refractivity contribution in [3.63, 3.8) is 0 Å². The number of aromatic carboxylic acids is 1. The number of nitrogens with zero attached hydrogens (tertiary/aromatic N) is 1. The van der Waals surface area contributed by atoms with E-state index in [1.54, 1.807) is 0 Å². The number of carboxylic acids is 1. The van der Waals surface area contributed by atoms with Gasteiger partial charge >= 0.3 is 11.9 Å². The van der Waals surface area contributed by atoms with Crippen molar-refractivity contribution in [1.29, 1.82) is 0 Å². The molecule has 1 rings (SSSR count). The van der Waals surface area contributed by atoms with Gasteiger partial charge in [0.15, 0.2) is 0 Å². The number of carboxylic acid groups (broad SMARTS) is 1. The summed E-state index contributed by atoms with van der Waals surface area (Å²) in [4.78, 5) is 25.4. The van der Waals surface area contributed by atoms with E-state index in [2.05, 4.69) is 4.98 Å². The number of hydrogen-bond acceptors (Lipinski definition) is 4. The summed E-state index contributed by atoms with van der Waals surface area (Å²) in [6.07, 6.45) is 1.94. The van der Waals surface area contributed by atoms with E-state index in [0.29, 0.717) is 6.61 Å². The van der Waals surface area contributed by atoms with Crippen molar-refractivity contribution in [1.82, 2.24) is 4.98 Å². The maximum atomic E-state index is 11.3. The molecule has 0 unspecified atom stereocenters. The molecule has 0 spiro atoms. The molecule has 0 aliphatic rings. The SMILES string of the molecule is CCCOC(=O)c1ccc(C(=O)O)nc1. The monoisotopic (exact) mass is 209 g/mol. The Kier molecular flexibility index (Phi) is 3.79. The first-order valence-electron chi connectivity index (χ1n) is 4.51. The molecule has 0 bridgehead atoms. The van der Waals surface area contributed by atoms with Crippen LogP contribution in [0.15, 0.2) is 18.3 Å². The predicted molar refractivity (Wildman–Crippen MR) is 51.8 cm³/mol. The first kappa shape index (κ1) is 11.2. The second kappa shape index (κ2) is 5.09. The van der Waals surface area contributed by atoms with Gasteiger partial charge in [0.1, 0.15) is 5.69 Å². The van der Waals surface area contributed by atoms with E-state index in [0.717, 1.165) is 6.42 Å². The van der Waals surface area contributed by atoms with Gasteiger partial charge in [0.25, 0.3) is 0 Å². The van der Waals surface area contributed by atoms with E-state index in [1.807, 2.05) is 6.92 Å². The fourth-order valence-electron chi connectivity index (χ4n) is 0.919. The zero-order chi connectivity index (χ0) is 11.3. The van der Waals surface area contributed by atoms with Crippen molar-refractivity contribution in [2.45, 2.75) is 13.3 Å². The molecule has 5 nitrogen and oxygen atoms in total. The fraction of sp³-hybridized carbons (Fsp3) is 0.300. The lowest BCUT2D eigenvalue weighted by molar-refractivity contribution is 0.0503. The minimum atomic E-state index is -1.12. The minimum absolute atomic E-state index is 0.0953. The highest BCUT2D eigenvalue weighted by molar-refractivity contribution is 5.90. The smallest absolute Gasteiger partial charge is 0.354 e. The molecule has 0 aromatic carbocycles. The van der Waals surface area contributed by atoms with Gasteiger partial charge in [-0.2, -0.15) is 0 Å². The van der Waals surface area contributed by atoms with E-state index in [9.17, 15) is 9.59 Å². The van der Waals surface area contributed by atoms with Crippen LogP contribution in [0.1, 0.15) is 34.2 Å². The van der Waals surface area contributed by atoms with Gasteiger partial charge in [-0.25, -0.2) is 14.6 Å². The van der Waals surface area contributed by atoms with E-state index in [4.69, 9.17) is 9.84 Å². The van der Waals surface area contributed by atoms with E-state index < -0.39 is 11.9 Å². The topological polar surface area (TPSA) is 76.5 Å². The third kappa shape index (κ3) is 3.05. The summed E-state index contributed by atoms with van der Waals surface area (Å²) >= 11 is 0. The zero-order valence-corrected chi connectivity index (χ0v) is 8.27. The summed E-state index contributed by atoms with van der Waals surface area (Å²) in [5.41, 5.74) is 0.162. The molecular weight excluding hydrogens is 198 g/mol. The first-order chi connectivity index (χ1) is 7.15. The lowest BCUT2D eigenvalue weighted by atomic mass is 10.2. The van der Waals surface area contributed by atoms with Crippen LogP contribution in [0.2, 0.25) is 0 Å². The maximum Gasteiger partial charge on any atom is 0.354 e. The Morgan fingerprint density at radius 1 is 1.47 bits per heavy atom. The number of aromatic nitrogens is 1. The molecule has 0 atom stereocenters. The Bertz CT molecular complexity index is 358. The number of carbonyl (C=O) groups is 2. The number of pyridine rings is 1. The fourth-order valence-corrected chi connectivity index (χ4v) is 0.919. The predicted octanol–water partition coefficient (Wildman–Crippen LogP) is 1.35. The van der Waals surface area contributed by atoms with Gasteiger partial charge < -0.3 is 9.84 Å². The van der Waals surface area contributed by atoms with Crippen molar-refractivity contribution in [3.8, 4) is 0 Å². The Balaban J connectivity index is 2.71. The standard InChI is InChI=1S/C10H11NO4/c1-2-5-15-10(14)7-3-4-8(9(12)13)11-6-7/h3-4,6H,2,5H2,1H3,(H,12,13). The van der Waals surface area contributed by atoms with Crippen LogP contribution in [0, 0.1) is 0 Å². The van der Waals surface area contributed by atoms with Crippen LogP contribution >= 0.6 is 0 Å². The van der Waals surface area contributed by atoms with Gasteiger partial charge in [-0.15, -0.1) is 0 Å². The Hall–Kier alpha value is -1.91. The van der Waals surface area contributed by atoms with Gasteiger partial charge in [-0.05, 0) is 18.6 Å². The van der Waals surface area contributed by atoms with Crippen LogP contribution in [0.3, 0.4) is 0 Å². The number of esters is 1. The van der Waals surface area contributed by atoms with Gasteiger partial charge in [-0.1, -0.05) is 6.92 Å². The molecule has 0 saturated heterocycles. The van der Waals surface area contributed by atoms with Crippen LogP contribution < -0.4 is 0 Å². The molecule has 0 aliphatic carbocycles. The number of rotatable bonds is 4. The van der Waals surface area contributed by atoms with Crippen LogP contribution in [0.4, 0.5) is 0 Å². The van der Waals surface area contributed by atoms with Gasteiger partial charge in [0, 0.05) is 6.20 Å². The number of ether oxygens (including phenoxy) is 1. The molecule has 5 heteroatoms. The van der Waals surface area contributed by atoms with Crippen molar-refractivity contribution in [2.75, 3.05) is 6.61 Å². The molecule has 0 aliphatic heterocycles. The lowest BCUT2D eigenvalue weighted by Crippen LogP contribution is -2.08. The molecule has 0 radical (unpaired) electrons. The molecular formula is C10H11NO4. The minimum Gasteiger partial charge on any atom is -0.477 e. The molecule has 1 N–H and O–H groups in total. The molecule has 1 aromatic heterocycles. The average Bonchev–Trinajstić information content (AvgIpc) is 2.26. The van der Waals surface area contributed by atoms with Crippen LogP contribution in [0.5, 0.6) is 0 Å². The highest BCUT2D eigenvalue weighted by atomic mass is 16.5. The highest BCUT2D eigenvalue weighted by Crippen LogP contribution is 2.02. The molecule has 15 heavy (non-hydrogen) atoms. The van der Waals surface area contributed by atoms with Crippen LogP contribution in [-0.2, 0) is 4.74 Å². The second-order valence-corrected chi connectivity index (χ2v) is 2.87. The van der Waals surface area contributed by atoms with Crippen molar-refractivity contribution < 1.29 is 19.4 Å². The third-order valence-electron chi connectivity index (χ3n) is 1.66. The highest BCUT2D eigenvalue weighted by Gasteiger charge is 2.09. The molecule has 1 aromatic rings. The molecule has 0 fully saturated rings. The number of hydrogen-bond donors (Lipinski definition) is 1. The molecule has 1 heterocycles. The van der Waals surface area contributed by atoms with Crippen molar-refractivity contribution in [2.24, 2.45) is 0 Å². The van der Waals surface area contributed by atoms with Crippen molar-refractivity contribution >= 4 is 11.9 Å².